The second kappa shape index (κ2) is 12.4. The van der Waals surface area contributed by atoms with E-state index in [0.29, 0.717) is 17.5 Å². The Morgan fingerprint density at radius 1 is 0.368 bits per heavy atom. The molecule has 2 aromatic heterocycles. The number of para-hydroxylation sites is 1. The molecule has 266 valence electrons. The molecule has 0 bridgehead atoms. The van der Waals surface area contributed by atoms with Gasteiger partial charge in [-0.15, -0.1) is 11.3 Å². The van der Waals surface area contributed by atoms with Crippen molar-refractivity contribution in [2.45, 2.75) is 5.41 Å². The van der Waals surface area contributed by atoms with Crippen LogP contribution in [0.15, 0.2) is 188 Å². The molecule has 0 unspecified atom stereocenters. The van der Waals surface area contributed by atoms with Gasteiger partial charge in [-0.1, -0.05) is 164 Å². The highest BCUT2D eigenvalue weighted by Gasteiger charge is 2.51. The fraction of sp³-hybridized carbons (Fsp3) is 0.0192. The van der Waals surface area contributed by atoms with Crippen molar-refractivity contribution in [1.82, 2.24) is 15.0 Å². The lowest BCUT2D eigenvalue weighted by molar-refractivity contribution is 0.437. The number of aromatic nitrogens is 3. The molecule has 0 amide bonds. The van der Waals surface area contributed by atoms with Gasteiger partial charge in [0.25, 0.3) is 0 Å². The number of benzene rings is 8. The number of fused-ring (bicyclic) bond motifs is 12. The third-order valence-corrected chi connectivity index (χ3v) is 12.8. The summed E-state index contributed by atoms with van der Waals surface area (Å²) in [6.07, 6.45) is 0. The van der Waals surface area contributed by atoms with Crippen LogP contribution < -0.4 is 4.74 Å². The van der Waals surface area contributed by atoms with Crippen LogP contribution >= 0.6 is 11.3 Å². The molecule has 1 spiro atoms. The Balaban J connectivity index is 1.07. The Bertz CT molecular complexity index is 3160. The molecule has 5 heteroatoms. The molecule has 0 N–H and O–H groups in total. The minimum Gasteiger partial charge on any atom is -0.457 e. The first-order valence-corrected chi connectivity index (χ1v) is 20.0. The van der Waals surface area contributed by atoms with Crippen molar-refractivity contribution in [3.8, 4) is 67.9 Å². The first-order chi connectivity index (χ1) is 28.2. The molecule has 57 heavy (non-hydrogen) atoms. The maximum atomic E-state index is 6.87. The second-order valence-corrected chi connectivity index (χ2v) is 15.7. The standard InChI is InChI=1S/C52H31N3OS/c1-3-14-32(15-4-1)33-26-28-35(29-27-33)50-53-49(34-16-5-2-6-17-34)54-51(55-50)39-21-13-20-38-40-30-46-44(31-47(40)57-48(38)39)52(43-24-11-12-25-45(43)56-46)41-22-9-7-18-36(41)37-19-8-10-23-42(37)52/h1-31H. The van der Waals surface area contributed by atoms with Crippen LogP contribution in [0.4, 0.5) is 0 Å². The molecule has 1 aliphatic carbocycles. The van der Waals surface area contributed by atoms with Gasteiger partial charge in [0.15, 0.2) is 17.5 Å². The zero-order chi connectivity index (χ0) is 37.5. The Labute approximate surface area is 333 Å². The van der Waals surface area contributed by atoms with E-state index < -0.39 is 5.41 Å². The van der Waals surface area contributed by atoms with E-state index in [1.807, 2.05) is 24.3 Å². The average Bonchev–Trinajstić information content (AvgIpc) is 3.80. The lowest BCUT2D eigenvalue weighted by Crippen LogP contribution is -2.32. The molecule has 10 aromatic rings. The molecule has 2 aliphatic rings. The predicted octanol–water partition coefficient (Wildman–Crippen LogP) is 13.4. The highest BCUT2D eigenvalue weighted by atomic mass is 32.1. The summed E-state index contributed by atoms with van der Waals surface area (Å²) in [7, 11) is 0. The summed E-state index contributed by atoms with van der Waals surface area (Å²) in [4.78, 5) is 15.4. The summed E-state index contributed by atoms with van der Waals surface area (Å²) >= 11 is 1.79. The number of thiophene rings is 1. The van der Waals surface area contributed by atoms with Gasteiger partial charge in [-0.05, 0) is 57.6 Å². The van der Waals surface area contributed by atoms with Crippen LogP contribution in [0.25, 0.3) is 76.6 Å². The van der Waals surface area contributed by atoms with Crippen molar-refractivity contribution >= 4 is 31.5 Å². The topological polar surface area (TPSA) is 47.9 Å². The molecule has 0 saturated carbocycles. The third kappa shape index (κ3) is 4.76. The maximum absolute atomic E-state index is 6.87. The van der Waals surface area contributed by atoms with Crippen LogP contribution in [0.3, 0.4) is 0 Å². The smallest absolute Gasteiger partial charge is 0.165 e. The lowest BCUT2D eigenvalue weighted by atomic mass is 9.66. The van der Waals surface area contributed by atoms with Crippen molar-refractivity contribution in [3.63, 3.8) is 0 Å². The van der Waals surface area contributed by atoms with Gasteiger partial charge in [-0.2, -0.15) is 0 Å². The summed E-state index contributed by atoms with van der Waals surface area (Å²) in [5.74, 6) is 3.69. The fourth-order valence-electron chi connectivity index (χ4n) is 9.11. The molecule has 0 atom stereocenters. The van der Waals surface area contributed by atoms with E-state index in [9.17, 15) is 0 Å². The first kappa shape index (κ1) is 32.1. The van der Waals surface area contributed by atoms with Crippen molar-refractivity contribution in [1.29, 1.82) is 0 Å². The lowest BCUT2D eigenvalue weighted by Gasteiger charge is -2.39. The summed E-state index contributed by atoms with van der Waals surface area (Å²) in [5.41, 5.74) is 12.1. The fourth-order valence-corrected chi connectivity index (χ4v) is 10.3. The minimum absolute atomic E-state index is 0.520. The van der Waals surface area contributed by atoms with Gasteiger partial charge in [-0.3, -0.25) is 0 Å². The van der Waals surface area contributed by atoms with E-state index in [1.54, 1.807) is 11.3 Å². The highest BCUT2D eigenvalue weighted by molar-refractivity contribution is 7.26. The summed E-state index contributed by atoms with van der Waals surface area (Å²) in [6.45, 7) is 0. The molecule has 12 rings (SSSR count). The zero-order valence-electron chi connectivity index (χ0n) is 30.6. The van der Waals surface area contributed by atoms with E-state index in [1.165, 1.54) is 38.1 Å². The van der Waals surface area contributed by atoms with Crippen LogP contribution in [0.5, 0.6) is 11.5 Å². The molecular formula is C52H31N3OS. The van der Waals surface area contributed by atoms with Gasteiger partial charge in [0.2, 0.25) is 0 Å². The van der Waals surface area contributed by atoms with Gasteiger partial charge < -0.3 is 4.74 Å². The van der Waals surface area contributed by atoms with Crippen molar-refractivity contribution in [3.05, 3.63) is 210 Å². The number of hydrogen-bond donors (Lipinski definition) is 0. The van der Waals surface area contributed by atoms with E-state index >= 15 is 0 Å². The Morgan fingerprint density at radius 2 is 0.895 bits per heavy atom. The van der Waals surface area contributed by atoms with Crippen molar-refractivity contribution < 1.29 is 4.74 Å². The van der Waals surface area contributed by atoms with Crippen LogP contribution in [0, 0.1) is 0 Å². The Kier molecular flexibility index (Phi) is 6.98. The average molecular weight is 746 g/mol. The summed E-state index contributed by atoms with van der Waals surface area (Å²) in [6, 6.07) is 66.5. The highest BCUT2D eigenvalue weighted by Crippen LogP contribution is 2.63. The van der Waals surface area contributed by atoms with E-state index in [0.717, 1.165) is 54.8 Å². The van der Waals surface area contributed by atoms with Gasteiger partial charge in [0, 0.05) is 48.0 Å². The monoisotopic (exact) mass is 745 g/mol. The number of ether oxygens (including phenoxy) is 1. The largest absolute Gasteiger partial charge is 0.457 e. The van der Waals surface area contributed by atoms with E-state index in [2.05, 4.69) is 164 Å². The maximum Gasteiger partial charge on any atom is 0.165 e. The van der Waals surface area contributed by atoms with Gasteiger partial charge >= 0.3 is 0 Å². The molecular weight excluding hydrogens is 715 g/mol. The van der Waals surface area contributed by atoms with Crippen LogP contribution in [-0.2, 0) is 5.41 Å². The number of hydrogen-bond acceptors (Lipinski definition) is 5. The molecule has 3 heterocycles. The molecule has 0 saturated heterocycles. The molecule has 8 aromatic carbocycles. The quantitative estimate of drug-likeness (QED) is 0.180. The summed E-state index contributed by atoms with van der Waals surface area (Å²) < 4.78 is 9.19. The summed E-state index contributed by atoms with van der Waals surface area (Å²) in [5, 5.41) is 2.30. The first-order valence-electron chi connectivity index (χ1n) is 19.2. The van der Waals surface area contributed by atoms with E-state index in [-0.39, 0.29) is 0 Å². The molecule has 1 aliphatic heterocycles. The Hall–Kier alpha value is -7.21. The van der Waals surface area contributed by atoms with Gasteiger partial charge in [0.1, 0.15) is 11.5 Å². The van der Waals surface area contributed by atoms with Gasteiger partial charge in [-0.25, -0.2) is 15.0 Å². The predicted molar refractivity (Wildman–Crippen MR) is 232 cm³/mol. The minimum atomic E-state index is -0.520. The van der Waals surface area contributed by atoms with Crippen molar-refractivity contribution in [2.75, 3.05) is 0 Å². The van der Waals surface area contributed by atoms with Crippen molar-refractivity contribution in [2.24, 2.45) is 0 Å². The number of rotatable bonds is 4. The second-order valence-electron chi connectivity index (χ2n) is 14.7. The third-order valence-electron chi connectivity index (χ3n) is 11.6. The zero-order valence-corrected chi connectivity index (χ0v) is 31.4. The normalized spacial score (nSPS) is 13.2. The molecule has 0 radical (unpaired) electrons. The molecule has 0 fully saturated rings. The number of nitrogens with zero attached hydrogens (tertiary/aromatic N) is 3. The van der Waals surface area contributed by atoms with Crippen LogP contribution in [0.1, 0.15) is 22.3 Å². The molecule has 4 nitrogen and oxygen atoms in total. The van der Waals surface area contributed by atoms with Gasteiger partial charge in [0.05, 0.1) is 5.41 Å². The Morgan fingerprint density at radius 3 is 1.60 bits per heavy atom. The van der Waals surface area contributed by atoms with Crippen LogP contribution in [-0.4, -0.2) is 15.0 Å². The van der Waals surface area contributed by atoms with Crippen LogP contribution in [0.2, 0.25) is 0 Å². The SMILES string of the molecule is c1ccc(-c2ccc(-c3nc(-c4ccccc4)nc(-c4cccc5c4sc4cc6c(cc45)Oc4ccccc4C64c5ccccc5-c5ccccc54)n3)cc2)cc1. The van der Waals surface area contributed by atoms with E-state index in [4.69, 9.17) is 19.7 Å².